The van der Waals surface area contributed by atoms with Crippen LogP contribution >= 0.6 is 0 Å². The van der Waals surface area contributed by atoms with Crippen molar-refractivity contribution in [2.24, 2.45) is 11.8 Å². The number of hydrogen-bond acceptors (Lipinski definition) is 12. The van der Waals surface area contributed by atoms with E-state index in [0.717, 1.165) is 47.7 Å². The number of ether oxygens (including phenoxy) is 4. The number of carbonyl (C=O) groups excluding carboxylic acids is 3. The second-order valence-corrected chi connectivity index (χ2v) is 14.3. The maximum absolute atomic E-state index is 12.2. The number of pyridine rings is 2. The van der Waals surface area contributed by atoms with Gasteiger partial charge < -0.3 is 18.9 Å². The van der Waals surface area contributed by atoms with Gasteiger partial charge in [-0.25, -0.2) is 14.4 Å². The van der Waals surface area contributed by atoms with E-state index in [4.69, 9.17) is 18.9 Å². The van der Waals surface area contributed by atoms with Crippen molar-refractivity contribution in [2.45, 2.75) is 73.2 Å². The van der Waals surface area contributed by atoms with Crippen molar-refractivity contribution >= 4 is 17.9 Å². The average molecular weight is 819 g/mol. The molecule has 0 spiro atoms. The van der Waals surface area contributed by atoms with Crippen LogP contribution in [0, 0.1) is 11.8 Å². The number of carbonyl (C=O) groups is 3. The molecule has 1 aliphatic rings. The Kier molecular flexibility index (Phi) is 16.8. The van der Waals surface area contributed by atoms with Gasteiger partial charge in [-0.2, -0.15) is 15.3 Å². The van der Waals surface area contributed by atoms with Gasteiger partial charge in [-0.1, -0.05) is 44.2 Å². The summed E-state index contributed by atoms with van der Waals surface area (Å²) in [6.07, 6.45) is 14.9. The van der Waals surface area contributed by atoms with Gasteiger partial charge in [0, 0.05) is 62.7 Å². The number of hydrogen-bond donors (Lipinski definition) is 0. The molecule has 6 aromatic rings. The van der Waals surface area contributed by atoms with Crippen LogP contribution in [0.3, 0.4) is 0 Å². The van der Waals surface area contributed by atoms with Crippen molar-refractivity contribution in [2.75, 3.05) is 27.4 Å². The van der Waals surface area contributed by atoms with E-state index in [1.807, 2.05) is 51.8 Å². The van der Waals surface area contributed by atoms with Crippen molar-refractivity contribution in [3.8, 4) is 22.5 Å². The molecule has 0 bridgehead atoms. The van der Waals surface area contributed by atoms with Crippen LogP contribution < -0.4 is 0 Å². The third-order valence-corrected chi connectivity index (χ3v) is 9.33. The molecule has 1 saturated carbocycles. The summed E-state index contributed by atoms with van der Waals surface area (Å²) in [6, 6.07) is 17.7. The molecule has 5 heterocycles. The molecule has 0 radical (unpaired) electrons. The van der Waals surface area contributed by atoms with Crippen molar-refractivity contribution in [1.82, 2.24) is 39.3 Å². The predicted molar refractivity (Wildman–Crippen MR) is 225 cm³/mol. The van der Waals surface area contributed by atoms with E-state index in [2.05, 4.69) is 51.2 Å². The summed E-state index contributed by atoms with van der Waals surface area (Å²) < 4.78 is 25.6. The number of rotatable bonds is 16. The summed E-state index contributed by atoms with van der Waals surface area (Å²) in [6.45, 7) is 11.1. The van der Waals surface area contributed by atoms with E-state index in [9.17, 15) is 14.4 Å². The highest BCUT2D eigenvalue weighted by atomic mass is 16.5. The standard InChI is InChI=1S/C19H19N3O2.C15H17N3O2.C11H18N2O3/c1-2-24-19(23)17-14-21-22(13-10-15-6-4-3-5-7-15)18(17)16-8-11-20-12-9-16;1-2-20-15(19)13-9-17-18(10-11-3-4-11)14(13)12-5-7-16-8-6-12;1-8(2)6-13-10(7-15-3)9(5-12-13)11(14)16-4/h3-9,11-12,14H,2,10,13H2,1H3;5-9,11H,2-4,10H2,1H3;5,8H,6-7H2,1-4H3. The lowest BCUT2D eigenvalue weighted by atomic mass is 10.1. The fraction of sp³-hybridized carbons (Fsp3) is 0.378. The van der Waals surface area contributed by atoms with Gasteiger partial charge in [0.2, 0.25) is 0 Å². The van der Waals surface area contributed by atoms with Crippen molar-refractivity contribution in [3.05, 3.63) is 126 Å². The van der Waals surface area contributed by atoms with Crippen LogP contribution in [0.4, 0.5) is 0 Å². The Morgan fingerprint density at radius 2 is 1.20 bits per heavy atom. The molecule has 0 unspecified atom stereocenters. The van der Waals surface area contributed by atoms with E-state index in [-0.39, 0.29) is 17.9 Å². The summed E-state index contributed by atoms with van der Waals surface area (Å²) in [5.41, 5.74) is 6.93. The Labute approximate surface area is 350 Å². The molecule has 0 atom stereocenters. The number of nitrogens with zero attached hydrogens (tertiary/aromatic N) is 8. The quantitative estimate of drug-likeness (QED) is 0.0704. The predicted octanol–water partition coefficient (Wildman–Crippen LogP) is 7.37. The highest BCUT2D eigenvalue weighted by Gasteiger charge is 2.27. The summed E-state index contributed by atoms with van der Waals surface area (Å²) in [4.78, 5) is 43.8. The first kappa shape index (κ1) is 44.6. The van der Waals surface area contributed by atoms with Gasteiger partial charge in [0.05, 0.1) is 62.6 Å². The molecule has 1 fully saturated rings. The largest absolute Gasteiger partial charge is 0.465 e. The molecular formula is C45H54N8O7. The first-order valence-corrected chi connectivity index (χ1v) is 20.1. The monoisotopic (exact) mass is 818 g/mol. The smallest absolute Gasteiger partial charge is 0.341 e. The fourth-order valence-corrected chi connectivity index (χ4v) is 6.33. The number of methoxy groups -OCH3 is 2. The van der Waals surface area contributed by atoms with Crippen molar-refractivity contribution in [3.63, 3.8) is 0 Å². The molecule has 0 N–H and O–H groups in total. The van der Waals surface area contributed by atoms with Crippen LogP contribution in [-0.2, 0) is 51.6 Å². The summed E-state index contributed by atoms with van der Waals surface area (Å²) in [7, 11) is 2.95. The van der Waals surface area contributed by atoms with Crippen LogP contribution in [0.5, 0.6) is 0 Å². The lowest BCUT2D eigenvalue weighted by molar-refractivity contribution is 0.0517. The Bertz CT molecular complexity index is 2250. The van der Waals surface area contributed by atoms with E-state index < -0.39 is 0 Å². The van der Waals surface area contributed by atoms with Crippen molar-refractivity contribution < 1.29 is 33.3 Å². The van der Waals surface area contributed by atoms with Crippen LogP contribution in [0.1, 0.15) is 82.9 Å². The van der Waals surface area contributed by atoms with Crippen LogP contribution in [0.15, 0.2) is 98.0 Å². The number of aromatic nitrogens is 8. The molecule has 0 amide bonds. The van der Waals surface area contributed by atoms with Crippen molar-refractivity contribution in [1.29, 1.82) is 0 Å². The maximum atomic E-state index is 12.2. The second kappa shape index (κ2) is 22.6. The first-order valence-electron chi connectivity index (χ1n) is 20.1. The minimum atomic E-state index is -0.373. The van der Waals surface area contributed by atoms with Gasteiger partial charge in [0.1, 0.15) is 16.7 Å². The fourth-order valence-electron chi connectivity index (χ4n) is 6.33. The zero-order chi connectivity index (χ0) is 42.9. The lowest BCUT2D eigenvalue weighted by Gasteiger charge is -2.10. The molecule has 1 aliphatic carbocycles. The molecule has 0 aliphatic heterocycles. The molecule has 0 saturated heterocycles. The van der Waals surface area contributed by atoms with Gasteiger partial charge in [0.25, 0.3) is 0 Å². The van der Waals surface area contributed by atoms with Gasteiger partial charge in [0.15, 0.2) is 0 Å². The Hall–Kier alpha value is -6.48. The molecule has 316 valence electrons. The first-order chi connectivity index (χ1) is 29.2. The second-order valence-electron chi connectivity index (χ2n) is 14.3. The summed E-state index contributed by atoms with van der Waals surface area (Å²) in [5.74, 6) is 0.102. The number of benzene rings is 1. The van der Waals surface area contributed by atoms with Gasteiger partial charge >= 0.3 is 17.9 Å². The van der Waals surface area contributed by atoms with Crippen LogP contribution in [-0.4, -0.2) is 84.7 Å². The SMILES string of the molecule is CCOC(=O)c1cnn(CC2CC2)c1-c1ccncc1.CCOC(=O)c1cnn(CCc2ccccc2)c1-c1ccncc1.COCc1c(C(=O)OC)cnn1CC(C)C. The molecule has 5 aromatic heterocycles. The summed E-state index contributed by atoms with van der Waals surface area (Å²) in [5, 5.41) is 13.0. The van der Waals surface area contributed by atoms with E-state index in [1.54, 1.807) is 62.8 Å². The topological polar surface area (TPSA) is 167 Å². The van der Waals surface area contributed by atoms with E-state index in [0.29, 0.717) is 54.9 Å². The molecule has 15 nitrogen and oxygen atoms in total. The third-order valence-electron chi connectivity index (χ3n) is 9.33. The van der Waals surface area contributed by atoms with Gasteiger partial charge in [-0.15, -0.1) is 0 Å². The molecule has 1 aromatic carbocycles. The zero-order valence-electron chi connectivity index (χ0n) is 35.2. The third kappa shape index (κ3) is 12.3. The zero-order valence-corrected chi connectivity index (χ0v) is 35.2. The normalized spacial score (nSPS) is 11.8. The Morgan fingerprint density at radius 3 is 1.70 bits per heavy atom. The summed E-state index contributed by atoms with van der Waals surface area (Å²) >= 11 is 0. The lowest BCUT2D eigenvalue weighted by Crippen LogP contribution is -2.13. The maximum Gasteiger partial charge on any atom is 0.341 e. The van der Waals surface area contributed by atoms with E-state index in [1.165, 1.54) is 31.7 Å². The van der Waals surface area contributed by atoms with Crippen LogP contribution in [0.25, 0.3) is 22.5 Å². The van der Waals surface area contributed by atoms with Crippen LogP contribution in [0.2, 0.25) is 0 Å². The van der Waals surface area contributed by atoms with Gasteiger partial charge in [-0.3, -0.25) is 24.0 Å². The molecule has 60 heavy (non-hydrogen) atoms. The molecule has 15 heteroatoms. The minimum Gasteiger partial charge on any atom is -0.465 e. The Morgan fingerprint density at radius 1 is 0.683 bits per heavy atom. The molecular weight excluding hydrogens is 765 g/mol. The highest BCUT2D eigenvalue weighted by Crippen LogP contribution is 2.33. The average Bonchev–Trinajstić information content (AvgIpc) is 3.62. The highest BCUT2D eigenvalue weighted by molar-refractivity contribution is 5.96. The number of aryl methyl sites for hydroxylation is 2. The number of esters is 3. The van der Waals surface area contributed by atoms with Gasteiger partial charge in [-0.05, 0) is 74.8 Å². The van der Waals surface area contributed by atoms with E-state index >= 15 is 0 Å². The Balaban J connectivity index is 0.000000174. The minimum absolute atomic E-state index is 0.318. The molecule has 7 rings (SSSR count).